The first-order valence-electron chi connectivity index (χ1n) is 9.01. The molecule has 0 aliphatic heterocycles. The third kappa shape index (κ3) is 3.05. The topological polar surface area (TPSA) is 49.9 Å². The fourth-order valence-electron chi connectivity index (χ4n) is 3.72. The second-order valence-corrected chi connectivity index (χ2v) is 7.51. The molecule has 25 heavy (non-hydrogen) atoms. The van der Waals surface area contributed by atoms with Gasteiger partial charge in [-0.2, -0.15) is 0 Å². The highest BCUT2D eigenvalue weighted by Crippen LogP contribution is 2.55. The van der Waals surface area contributed by atoms with Crippen molar-refractivity contribution in [1.29, 1.82) is 5.41 Å². The Hall–Kier alpha value is -2.61. The molecule has 1 fully saturated rings. The fraction of sp³-hybridized carbons (Fsp3) is 0.261. The zero-order valence-electron chi connectivity index (χ0n) is 14.8. The summed E-state index contributed by atoms with van der Waals surface area (Å²) >= 11 is 0. The van der Waals surface area contributed by atoms with Crippen LogP contribution < -0.4 is 5.73 Å². The minimum absolute atomic E-state index is 0.123. The van der Waals surface area contributed by atoms with Crippen LogP contribution in [0.4, 0.5) is 0 Å². The van der Waals surface area contributed by atoms with Crippen LogP contribution in [0.15, 0.2) is 60.7 Å². The highest BCUT2D eigenvalue weighted by molar-refractivity contribution is 5.99. The van der Waals surface area contributed by atoms with E-state index in [4.69, 9.17) is 11.1 Å². The van der Waals surface area contributed by atoms with Crippen molar-refractivity contribution in [3.63, 3.8) is 0 Å². The molecular weight excluding hydrogens is 304 g/mol. The van der Waals surface area contributed by atoms with Gasteiger partial charge in [-0.1, -0.05) is 68.4 Å². The van der Waals surface area contributed by atoms with E-state index in [2.05, 4.69) is 62.4 Å². The van der Waals surface area contributed by atoms with Gasteiger partial charge in [-0.25, -0.2) is 0 Å². The third-order valence-electron chi connectivity index (χ3n) is 5.43. The molecule has 126 valence electrons. The van der Waals surface area contributed by atoms with Gasteiger partial charge in [0.05, 0.1) is 0 Å². The van der Waals surface area contributed by atoms with E-state index in [0.29, 0.717) is 17.8 Å². The number of hydrogen-bond donors (Lipinski definition) is 2. The van der Waals surface area contributed by atoms with Gasteiger partial charge in [0.1, 0.15) is 5.84 Å². The lowest BCUT2D eigenvalue weighted by Crippen LogP contribution is -2.10. The van der Waals surface area contributed by atoms with Crippen molar-refractivity contribution < 1.29 is 0 Å². The summed E-state index contributed by atoms with van der Waals surface area (Å²) in [5.41, 5.74) is 10.7. The lowest BCUT2D eigenvalue weighted by Gasteiger charge is -2.08. The number of nitrogens with two attached hydrogens (primary N) is 1. The van der Waals surface area contributed by atoms with Crippen LogP contribution in [0.2, 0.25) is 0 Å². The maximum Gasteiger partial charge on any atom is 0.122 e. The normalized spacial score (nSPS) is 19.3. The molecule has 2 heteroatoms. The number of fused-ring (bicyclic) bond motifs is 1. The Balaban J connectivity index is 1.57. The molecule has 1 aliphatic carbocycles. The molecule has 1 saturated carbocycles. The highest BCUT2D eigenvalue weighted by Gasteiger charge is 2.39. The monoisotopic (exact) mass is 328 g/mol. The van der Waals surface area contributed by atoms with Crippen LogP contribution in [-0.4, -0.2) is 5.84 Å². The predicted octanol–water partition coefficient (Wildman–Crippen LogP) is 5.52. The molecule has 0 radical (unpaired) electrons. The number of hydrogen-bond acceptors (Lipinski definition) is 1. The van der Waals surface area contributed by atoms with Gasteiger partial charge in [0.15, 0.2) is 0 Å². The molecule has 0 heterocycles. The Kier molecular flexibility index (Phi) is 3.84. The molecule has 0 aromatic heterocycles. The van der Waals surface area contributed by atoms with Gasteiger partial charge < -0.3 is 5.73 Å². The van der Waals surface area contributed by atoms with Crippen molar-refractivity contribution in [2.45, 2.75) is 38.0 Å². The van der Waals surface area contributed by atoms with Crippen LogP contribution in [0, 0.1) is 5.41 Å². The predicted molar refractivity (Wildman–Crippen MR) is 106 cm³/mol. The quantitative estimate of drug-likeness (QED) is 0.481. The van der Waals surface area contributed by atoms with Gasteiger partial charge in [0, 0.05) is 5.56 Å². The minimum atomic E-state index is 0.123. The molecule has 1 aliphatic rings. The molecule has 3 aromatic rings. The van der Waals surface area contributed by atoms with Gasteiger partial charge in [-0.05, 0) is 57.7 Å². The molecule has 2 unspecified atom stereocenters. The van der Waals surface area contributed by atoms with E-state index >= 15 is 0 Å². The Morgan fingerprint density at radius 2 is 1.48 bits per heavy atom. The third-order valence-corrected chi connectivity index (χ3v) is 5.43. The summed E-state index contributed by atoms with van der Waals surface area (Å²) in [5.74, 6) is 1.99. The van der Waals surface area contributed by atoms with Crippen molar-refractivity contribution in [2.24, 2.45) is 5.73 Å². The summed E-state index contributed by atoms with van der Waals surface area (Å²) in [6.45, 7) is 4.48. The summed E-state index contributed by atoms with van der Waals surface area (Å²) in [7, 11) is 0. The van der Waals surface area contributed by atoms with E-state index in [0.717, 1.165) is 10.9 Å². The molecule has 0 spiro atoms. The molecule has 3 aromatic carbocycles. The molecule has 0 bridgehead atoms. The largest absolute Gasteiger partial charge is 0.384 e. The number of rotatable bonds is 4. The average molecular weight is 328 g/mol. The van der Waals surface area contributed by atoms with E-state index in [1.54, 1.807) is 0 Å². The van der Waals surface area contributed by atoms with Crippen molar-refractivity contribution >= 4 is 16.6 Å². The molecule has 0 saturated heterocycles. The van der Waals surface area contributed by atoms with Gasteiger partial charge in [0.2, 0.25) is 0 Å². The number of benzene rings is 3. The van der Waals surface area contributed by atoms with Crippen molar-refractivity contribution in [1.82, 2.24) is 0 Å². The van der Waals surface area contributed by atoms with Crippen LogP contribution in [0.25, 0.3) is 10.8 Å². The molecule has 2 atom stereocenters. The lowest BCUT2D eigenvalue weighted by molar-refractivity contribution is 0.864. The van der Waals surface area contributed by atoms with E-state index in [-0.39, 0.29) is 5.84 Å². The van der Waals surface area contributed by atoms with Crippen LogP contribution in [0.3, 0.4) is 0 Å². The fourth-order valence-corrected chi connectivity index (χ4v) is 3.72. The van der Waals surface area contributed by atoms with E-state index in [9.17, 15) is 0 Å². The van der Waals surface area contributed by atoms with Gasteiger partial charge in [-0.3, -0.25) is 5.41 Å². The van der Waals surface area contributed by atoms with E-state index in [1.807, 2.05) is 12.1 Å². The van der Waals surface area contributed by atoms with E-state index in [1.165, 1.54) is 28.5 Å². The Morgan fingerprint density at radius 3 is 2.16 bits per heavy atom. The molecule has 3 N–H and O–H groups in total. The van der Waals surface area contributed by atoms with Crippen molar-refractivity contribution in [3.8, 4) is 0 Å². The number of nitrogens with one attached hydrogen (secondary N) is 1. The average Bonchev–Trinajstić information content (AvgIpc) is 3.41. The van der Waals surface area contributed by atoms with E-state index < -0.39 is 0 Å². The van der Waals surface area contributed by atoms with Crippen molar-refractivity contribution in [2.75, 3.05) is 0 Å². The Labute approximate surface area is 149 Å². The molecular formula is C23H24N2. The standard InChI is InChI=1S/C23H24N2/c1-14(2)15-3-5-16(6-4-15)21-13-22(21)19-9-7-18-12-20(23(24)25)10-8-17(18)11-19/h3-12,14,21-22H,13H2,1-2H3,(H3,24,25). The minimum Gasteiger partial charge on any atom is -0.384 e. The van der Waals surface area contributed by atoms with Gasteiger partial charge in [-0.15, -0.1) is 0 Å². The second kappa shape index (κ2) is 6.03. The summed E-state index contributed by atoms with van der Waals surface area (Å²) in [4.78, 5) is 0. The summed E-state index contributed by atoms with van der Waals surface area (Å²) in [6.07, 6.45) is 1.23. The SMILES string of the molecule is CC(C)c1ccc(C2CC2c2ccc3cc(C(=N)N)ccc3c2)cc1. The lowest BCUT2D eigenvalue weighted by atomic mass is 9.97. The molecule has 2 nitrogen and oxygen atoms in total. The zero-order chi connectivity index (χ0) is 17.6. The first kappa shape index (κ1) is 15.9. The van der Waals surface area contributed by atoms with Crippen LogP contribution >= 0.6 is 0 Å². The van der Waals surface area contributed by atoms with Crippen LogP contribution in [-0.2, 0) is 0 Å². The Bertz CT molecular complexity index is 938. The molecule has 0 amide bonds. The summed E-state index contributed by atoms with van der Waals surface area (Å²) in [5, 5.41) is 9.95. The summed E-state index contributed by atoms with van der Waals surface area (Å²) in [6, 6.07) is 21.9. The van der Waals surface area contributed by atoms with Crippen LogP contribution in [0.1, 0.15) is 60.3 Å². The summed E-state index contributed by atoms with van der Waals surface area (Å²) < 4.78 is 0. The van der Waals surface area contributed by atoms with Crippen molar-refractivity contribution in [3.05, 3.63) is 82.9 Å². The maximum atomic E-state index is 7.57. The first-order valence-corrected chi connectivity index (χ1v) is 9.01. The highest BCUT2D eigenvalue weighted by atomic mass is 14.7. The second-order valence-electron chi connectivity index (χ2n) is 7.51. The van der Waals surface area contributed by atoms with Gasteiger partial charge in [0.25, 0.3) is 0 Å². The van der Waals surface area contributed by atoms with Crippen LogP contribution in [0.5, 0.6) is 0 Å². The Morgan fingerprint density at radius 1 is 0.880 bits per heavy atom. The number of amidine groups is 1. The zero-order valence-corrected chi connectivity index (χ0v) is 14.8. The van der Waals surface area contributed by atoms with Gasteiger partial charge >= 0.3 is 0 Å². The number of nitrogen functional groups attached to an aromatic ring is 1. The first-order chi connectivity index (χ1) is 12.0. The molecule has 4 rings (SSSR count). The maximum absolute atomic E-state index is 7.57. The smallest absolute Gasteiger partial charge is 0.122 e.